The van der Waals surface area contributed by atoms with E-state index in [1.807, 2.05) is 6.92 Å². The molecule has 0 saturated carbocycles. The van der Waals surface area contributed by atoms with E-state index in [0.29, 0.717) is 28.6 Å². The minimum atomic E-state index is -4.54. The number of fused-ring (bicyclic) bond motifs is 1. The first-order valence-corrected chi connectivity index (χ1v) is 12.9. The van der Waals surface area contributed by atoms with Gasteiger partial charge in [0.1, 0.15) is 12.2 Å². The number of halogens is 7. The second-order valence-electron chi connectivity index (χ2n) is 9.19. The lowest BCUT2D eigenvalue weighted by atomic mass is 10.0. The van der Waals surface area contributed by atoms with Crippen molar-refractivity contribution < 1.29 is 35.3 Å². The Morgan fingerprint density at radius 1 is 1.16 bits per heavy atom. The summed E-state index contributed by atoms with van der Waals surface area (Å²) in [6.07, 6.45) is -9.88. The summed E-state index contributed by atoms with van der Waals surface area (Å²) in [6, 6.07) is 1.76. The summed E-state index contributed by atoms with van der Waals surface area (Å²) < 4.78 is 100. The lowest BCUT2D eigenvalue weighted by Gasteiger charge is -2.22. The number of nitrogens with one attached hydrogen (secondary N) is 2. The van der Waals surface area contributed by atoms with Crippen molar-refractivity contribution >= 4 is 27.1 Å². The Hall–Kier alpha value is -2.41. The minimum absolute atomic E-state index is 0.0598. The van der Waals surface area contributed by atoms with Gasteiger partial charge in [-0.15, -0.1) is 11.3 Å². The highest BCUT2D eigenvalue weighted by molar-refractivity contribution is 7.23. The summed E-state index contributed by atoms with van der Waals surface area (Å²) >= 11 is 1.01. The summed E-state index contributed by atoms with van der Waals surface area (Å²) in [5.74, 6) is -0.234. The molecular weight excluding hydrogens is 525 g/mol. The topological polar surface area (TPSA) is 63.0 Å². The van der Waals surface area contributed by atoms with E-state index >= 15 is 0 Å². The molecule has 2 aromatic heterocycles. The molecule has 13 heteroatoms. The number of hydrogen-bond acceptors (Lipinski definition) is 6. The van der Waals surface area contributed by atoms with Crippen molar-refractivity contribution in [3.63, 3.8) is 0 Å². The molecule has 37 heavy (non-hydrogen) atoms. The third-order valence-corrected chi connectivity index (χ3v) is 7.72. The fourth-order valence-electron chi connectivity index (χ4n) is 4.64. The number of thiophene rings is 1. The maximum atomic E-state index is 14.6. The smallest absolute Gasteiger partial charge is 0.378 e. The van der Waals surface area contributed by atoms with Gasteiger partial charge in [-0.1, -0.05) is 37.6 Å². The van der Waals surface area contributed by atoms with Crippen molar-refractivity contribution in [1.82, 2.24) is 15.5 Å². The molecule has 2 N–H and O–H groups in total. The van der Waals surface area contributed by atoms with Crippen molar-refractivity contribution in [2.75, 3.05) is 5.32 Å². The van der Waals surface area contributed by atoms with Gasteiger partial charge in [0, 0.05) is 0 Å². The number of benzene rings is 1. The average molecular weight is 553 g/mol. The molecule has 1 aliphatic rings. The van der Waals surface area contributed by atoms with E-state index in [0.717, 1.165) is 17.8 Å². The monoisotopic (exact) mass is 552 g/mol. The molecule has 4 rings (SSSR count). The summed E-state index contributed by atoms with van der Waals surface area (Å²) in [6.45, 7) is 3.65. The lowest BCUT2D eigenvalue weighted by Crippen LogP contribution is -2.38. The average Bonchev–Trinajstić information content (AvgIpc) is 3.56. The standard InChI is InChI=1S/C24H27F7N4OS/c1-3-6-15(14(25)4-2)32-16-8-5-7-12-13(11-23(26,27)28)20(37-19(12)16)21-34-22(36-35-21)17-9-10-18(33-17)24(29,30)31/h5,7-8,14-15,17-18,32-33H,3-4,6,9-11H2,1-2H3/t14-,15+,17+,18-/m0/s1. The summed E-state index contributed by atoms with van der Waals surface area (Å²) in [4.78, 5) is 4.29. The Balaban J connectivity index is 1.72. The third-order valence-electron chi connectivity index (χ3n) is 6.45. The van der Waals surface area contributed by atoms with Crippen LogP contribution < -0.4 is 10.6 Å². The Bertz CT molecular complexity index is 1210. The highest BCUT2D eigenvalue weighted by atomic mass is 32.1. The van der Waals surface area contributed by atoms with Gasteiger partial charge in [-0.3, -0.25) is 5.32 Å². The van der Waals surface area contributed by atoms with Gasteiger partial charge >= 0.3 is 12.4 Å². The Labute approximate surface area is 212 Å². The lowest BCUT2D eigenvalue weighted by molar-refractivity contribution is -0.152. The van der Waals surface area contributed by atoms with Crippen LogP contribution in [0.5, 0.6) is 0 Å². The molecule has 0 unspecified atom stereocenters. The van der Waals surface area contributed by atoms with Crippen LogP contribution in [0, 0.1) is 0 Å². The van der Waals surface area contributed by atoms with E-state index in [1.54, 1.807) is 25.1 Å². The first-order chi connectivity index (χ1) is 17.4. The zero-order valence-electron chi connectivity index (χ0n) is 20.1. The van der Waals surface area contributed by atoms with Crippen molar-refractivity contribution in [3.05, 3.63) is 29.7 Å². The molecule has 0 spiro atoms. The largest absolute Gasteiger partial charge is 0.403 e. The Morgan fingerprint density at radius 3 is 2.54 bits per heavy atom. The van der Waals surface area contributed by atoms with Crippen LogP contribution in [-0.2, 0) is 6.42 Å². The maximum absolute atomic E-state index is 14.6. The molecule has 0 bridgehead atoms. The van der Waals surface area contributed by atoms with E-state index in [4.69, 9.17) is 4.52 Å². The number of alkyl halides is 7. The molecule has 3 aromatic rings. The van der Waals surface area contributed by atoms with Gasteiger partial charge in [0.2, 0.25) is 11.7 Å². The van der Waals surface area contributed by atoms with Crippen LogP contribution in [0.2, 0.25) is 0 Å². The third kappa shape index (κ3) is 6.19. The van der Waals surface area contributed by atoms with E-state index < -0.39 is 43.1 Å². The number of aromatic nitrogens is 2. The number of hydrogen-bond donors (Lipinski definition) is 2. The molecule has 204 valence electrons. The van der Waals surface area contributed by atoms with Gasteiger partial charge < -0.3 is 9.84 Å². The second kappa shape index (κ2) is 10.8. The highest BCUT2D eigenvalue weighted by Gasteiger charge is 2.45. The van der Waals surface area contributed by atoms with E-state index in [1.165, 1.54) is 0 Å². The molecular formula is C24H27F7N4OS. The molecule has 5 nitrogen and oxygen atoms in total. The van der Waals surface area contributed by atoms with Crippen molar-refractivity contribution in [3.8, 4) is 10.7 Å². The summed E-state index contributed by atoms with van der Waals surface area (Å²) in [5, 5.41) is 9.72. The fourth-order valence-corrected chi connectivity index (χ4v) is 5.87. The fraction of sp³-hybridized carbons (Fsp3) is 0.583. The summed E-state index contributed by atoms with van der Waals surface area (Å²) in [7, 11) is 0. The van der Waals surface area contributed by atoms with Gasteiger partial charge in [-0.2, -0.15) is 31.3 Å². The zero-order chi connectivity index (χ0) is 27.0. The predicted molar refractivity (Wildman–Crippen MR) is 127 cm³/mol. The number of anilines is 1. The van der Waals surface area contributed by atoms with Crippen LogP contribution in [0.25, 0.3) is 20.8 Å². The SMILES string of the molecule is CCC[C@@H](Nc1cccc2c(CC(F)(F)F)c(-c3noc([C@H]4CC[C@@H](C(F)(F)F)N4)n3)sc12)[C@@H](F)CC. The van der Waals surface area contributed by atoms with Gasteiger partial charge in [0.15, 0.2) is 0 Å². The van der Waals surface area contributed by atoms with E-state index in [-0.39, 0.29) is 35.0 Å². The highest BCUT2D eigenvalue weighted by Crippen LogP contribution is 2.44. The van der Waals surface area contributed by atoms with Crippen LogP contribution in [0.3, 0.4) is 0 Å². The van der Waals surface area contributed by atoms with Crippen molar-refractivity contribution in [2.24, 2.45) is 0 Å². The van der Waals surface area contributed by atoms with Crippen LogP contribution in [0.1, 0.15) is 63.4 Å². The zero-order valence-corrected chi connectivity index (χ0v) is 21.0. The molecule has 0 aliphatic carbocycles. The predicted octanol–water partition coefficient (Wildman–Crippen LogP) is 7.74. The molecule has 1 aromatic carbocycles. The molecule has 4 atom stereocenters. The first-order valence-electron chi connectivity index (χ1n) is 12.1. The minimum Gasteiger partial charge on any atom is -0.378 e. The van der Waals surface area contributed by atoms with E-state index in [9.17, 15) is 30.7 Å². The van der Waals surface area contributed by atoms with Crippen LogP contribution in [0.4, 0.5) is 36.4 Å². The molecule has 3 heterocycles. The summed E-state index contributed by atoms with van der Waals surface area (Å²) in [5.41, 5.74) is 0.441. The quantitative estimate of drug-likeness (QED) is 0.266. The Morgan fingerprint density at radius 2 is 1.92 bits per heavy atom. The maximum Gasteiger partial charge on any atom is 0.403 e. The van der Waals surface area contributed by atoms with Gasteiger partial charge in [-0.25, -0.2) is 4.39 Å². The van der Waals surface area contributed by atoms with Gasteiger partial charge in [0.25, 0.3) is 0 Å². The van der Waals surface area contributed by atoms with Crippen LogP contribution in [0.15, 0.2) is 22.7 Å². The normalized spacial score (nSPS) is 20.5. The number of rotatable bonds is 9. The number of nitrogens with zero attached hydrogens (tertiary/aromatic N) is 2. The first kappa shape index (κ1) is 27.6. The molecule has 1 aliphatic heterocycles. The molecule has 1 saturated heterocycles. The molecule has 0 amide bonds. The second-order valence-corrected chi connectivity index (χ2v) is 10.2. The van der Waals surface area contributed by atoms with Crippen LogP contribution in [-0.4, -0.2) is 40.7 Å². The van der Waals surface area contributed by atoms with Gasteiger partial charge in [0.05, 0.1) is 33.8 Å². The van der Waals surface area contributed by atoms with Gasteiger partial charge in [-0.05, 0) is 42.7 Å². The van der Waals surface area contributed by atoms with Crippen molar-refractivity contribution in [1.29, 1.82) is 0 Å². The van der Waals surface area contributed by atoms with E-state index in [2.05, 4.69) is 20.8 Å². The molecule has 0 radical (unpaired) electrons. The Kier molecular flexibility index (Phi) is 8.03. The molecule has 1 fully saturated rings. The van der Waals surface area contributed by atoms with Crippen LogP contribution >= 0.6 is 11.3 Å². The van der Waals surface area contributed by atoms with Crippen molar-refractivity contribution in [2.45, 2.75) is 89.0 Å².